The number of aliphatic imine (C=N–C) groups is 1. The molecule has 0 aliphatic rings. The Morgan fingerprint density at radius 2 is 1.86 bits per heavy atom. The number of anilines is 1. The van der Waals surface area contributed by atoms with Crippen molar-refractivity contribution in [3.63, 3.8) is 0 Å². The van der Waals surface area contributed by atoms with Gasteiger partial charge in [-0.3, -0.25) is 0 Å². The van der Waals surface area contributed by atoms with Crippen LogP contribution in [0.25, 0.3) is 0 Å². The number of hydrogen-bond donors (Lipinski definition) is 1. The first-order valence-electron chi connectivity index (χ1n) is 7.41. The first-order chi connectivity index (χ1) is 10.8. The molecular formula is C18H20N2O2. The average molecular weight is 296 g/mol. The molecule has 4 nitrogen and oxygen atoms in total. The van der Waals surface area contributed by atoms with Gasteiger partial charge in [-0.2, -0.15) is 0 Å². The molecule has 1 N–H and O–H groups in total. The highest BCUT2D eigenvalue weighted by Crippen LogP contribution is 2.16. The van der Waals surface area contributed by atoms with Crippen molar-refractivity contribution >= 4 is 17.9 Å². The largest absolute Gasteiger partial charge is 0.494 e. The fourth-order valence-electron chi connectivity index (χ4n) is 1.80. The summed E-state index contributed by atoms with van der Waals surface area (Å²) in [5, 5.41) is 2.71. The van der Waals surface area contributed by atoms with E-state index in [4.69, 9.17) is 4.74 Å². The van der Waals surface area contributed by atoms with Gasteiger partial charge >= 0.3 is 6.03 Å². The molecule has 4 heteroatoms. The van der Waals surface area contributed by atoms with Crippen LogP contribution in [0.5, 0.6) is 5.75 Å². The van der Waals surface area contributed by atoms with E-state index >= 15 is 0 Å². The van der Waals surface area contributed by atoms with Crippen LogP contribution in [0.4, 0.5) is 10.5 Å². The van der Waals surface area contributed by atoms with Gasteiger partial charge in [-0.25, -0.2) is 9.79 Å². The highest BCUT2D eigenvalue weighted by molar-refractivity contribution is 5.97. The summed E-state index contributed by atoms with van der Waals surface area (Å²) >= 11 is 0. The van der Waals surface area contributed by atoms with Gasteiger partial charge in [-0.1, -0.05) is 43.7 Å². The van der Waals surface area contributed by atoms with E-state index in [1.54, 1.807) is 12.1 Å². The number of ether oxygens (including phenoxy) is 1. The summed E-state index contributed by atoms with van der Waals surface area (Å²) in [4.78, 5) is 15.6. The van der Waals surface area contributed by atoms with Gasteiger partial charge in [-0.05, 0) is 36.2 Å². The Morgan fingerprint density at radius 1 is 1.14 bits per heavy atom. The van der Waals surface area contributed by atoms with E-state index in [0.717, 1.165) is 24.2 Å². The van der Waals surface area contributed by atoms with Gasteiger partial charge in [0, 0.05) is 11.9 Å². The molecule has 0 aliphatic heterocycles. The number of hydrogen-bond acceptors (Lipinski definition) is 2. The molecule has 114 valence electrons. The third kappa shape index (κ3) is 5.40. The fourth-order valence-corrected chi connectivity index (χ4v) is 1.80. The van der Waals surface area contributed by atoms with Gasteiger partial charge in [0.15, 0.2) is 0 Å². The zero-order valence-electron chi connectivity index (χ0n) is 12.7. The highest BCUT2D eigenvalue weighted by Gasteiger charge is 2.00. The minimum atomic E-state index is -0.400. The summed E-state index contributed by atoms with van der Waals surface area (Å²) in [6.45, 7) is 2.83. The van der Waals surface area contributed by atoms with Crippen molar-refractivity contribution in [3.05, 3.63) is 60.2 Å². The molecule has 0 spiro atoms. The number of carbonyl (C=O) groups is 1. The van der Waals surface area contributed by atoms with Gasteiger partial charge in [0.25, 0.3) is 0 Å². The normalized spacial score (nSPS) is 10.6. The van der Waals surface area contributed by atoms with E-state index in [0.29, 0.717) is 12.3 Å². The molecule has 0 aromatic heterocycles. The summed E-state index contributed by atoms with van der Waals surface area (Å²) in [7, 11) is 0. The lowest BCUT2D eigenvalue weighted by Crippen LogP contribution is -2.06. The number of unbranched alkanes of at least 4 members (excludes halogenated alkanes) is 1. The smallest absolute Gasteiger partial charge is 0.345 e. The van der Waals surface area contributed by atoms with Crippen molar-refractivity contribution in [1.29, 1.82) is 0 Å². The third-order valence-electron chi connectivity index (χ3n) is 3.00. The van der Waals surface area contributed by atoms with E-state index in [1.807, 2.05) is 42.5 Å². The molecule has 2 rings (SSSR count). The molecule has 2 aromatic rings. The Bertz CT molecular complexity index is 607. The quantitative estimate of drug-likeness (QED) is 0.629. The predicted molar refractivity (Wildman–Crippen MR) is 89.9 cm³/mol. The first kappa shape index (κ1) is 15.8. The minimum Gasteiger partial charge on any atom is -0.494 e. The summed E-state index contributed by atoms with van der Waals surface area (Å²) in [6.07, 6.45) is 3.68. The van der Waals surface area contributed by atoms with Crippen molar-refractivity contribution < 1.29 is 9.53 Å². The number of benzene rings is 2. The molecule has 0 aliphatic carbocycles. The van der Waals surface area contributed by atoms with Crippen LogP contribution in [0.3, 0.4) is 0 Å². The molecule has 0 radical (unpaired) electrons. The zero-order chi connectivity index (χ0) is 15.6. The maximum absolute atomic E-state index is 11.7. The van der Waals surface area contributed by atoms with Crippen LogP contribution in [0.2, 0.25) is 0 Å². The van der Waals surface area contributed by atoms with Crippen LogP contribution in [-0.4, -0.2) is 18.9 Å². The Labute approximate surface area is 130 Å². The van der Waals surface area contributed by atoms with Crippen LogP contribution in [0, 0.1) is 0 Å². The molecule has 2 amide bonds. The Morgan fingerprint density at radius 3 is 2.55 bits per heavy atom. The Balaban J connectivity index is 1.85. The van der Waals surface area contributed by atoms with E-state index in [-0.39, 0.29) is 0 Å². The molecular weight excluding hydrogens is 276 g/mol. The number of amides is 2. The second-order valence-corrected chi connectivity index (χ2v) is 4.83. The van der Waals surface area contributed by atoms with Gasteiger partial charge < -0.3 is 10.1 Å². The number of nitrogens with one attached hydrogen (secondary N) is 1. The summed E-state index contributed by atoms with van der Waals surface area (Å²) in [5.74, 6) is 0.805. The van der Waals surface area contributed by atoms with E-state index in [2.05, 4.69) is 17.2 Å². The Hall–Kier alpha value is -2.62. The first-order valence-corrected chi connectivity index (χ1v) is 7.41. The molecule has 22 heavy (non-hydrogen) atoms. The van der Waals surface area contributed by atoms with Crippen LogP contribution in [-0.2, 0) is 0 Å². The molecule has 0 heterocycles. The number of urea groups is 1. The van der Waals surface area contributed by atoms with Gasteiger partial charge in [0.05, 0.1) is 6.61 Å². The van der Waals surface area contributed by atoms with E-state index in [9.17, 15) is 4.79 Å². The standard InChI is InChI=1S/C18H20N2O2/c1-2-3-13-22-17-11-9-16(10-12-17)20-18(21)19-14-15-7-5-4-6-8-15/h4-12,14H,2-3,13H2,1H3,(H,20,21)/b19-14+. The molecule has 0 saturated heterocycles. The number of carbonyl (C=O) groups excluding carboxylic acids is 1. The van der Waals surface area contributed by atoms with Crippen LogP contribution >= 0.6 is 0 Å². The minimum absolute atomic E-state index is 0.400. The third-order valence-corrected chi connectivity index (χ3v) is 3.00. The van der Waals surface area contributed by atoms with Gasteiger partial charge in [0.1, 0.15) is 5.75 Å². The van der Waals surface area contributed by atoms with Crippen molar-refractivity contribution in [2.45, 2.75) is 19.8 Å². The lowest BCUT2D eigenvalue weighted by molar-refractivity contribution is 0.259. The lowest BCUT2D eigenvalue weighted by Gasteiger charge is -2.06. The summed E-state index contributed by atoms with van der Waals surface area (Å²) in [5.41, 5.74) is 1.58. The maximum atomic E-state index is 11.7. The van der Waals surface area contributed by atoms with Gasteiger partial charge in [-0.15, -0.1) is 0 Å². The molecule has 0 atom stereocenters. The topological polar surface area (TPSA) is 50.7 Å². The highest BCUT2D eigenvalue weighted by atomic mass is 16.5. The number of nitrogens with zero attached hydrogens (tertiary/aromatic N) is 1. The maximum Gasteiger partial charge on any atom is 0.345 e. The van der Waals surface area contributed by atoms with Crippen LogP contribution in [0.15, 0.2) is 59.6 Å². The van der Waals surface area contributed by atoms with Crippen molar-refractivity contribution in [2.24, 2.45) is 4.99 Å². The monoisotopic (exact) mass is 296 g/mol. The van der Waals surface area contributed by atoms with Crippen molar-refractivity contribution in [3.8, 4) is 5.75 Å². The molecule has 2 aromatic carbocycles. The number of rotatable bonds is 6. The SMILES string of the molecule is CCCCOc1ccc(NC(=O)/N=C/c2ccccc2)cc1. The second kappa shape index (κ2) is 8.62. The van der Waals surface area contributed by atoms with Gasteiger partial charge in [0.2, 0.25) is 0 Å². The van der Waals surface area contributed by atoms with Crippen molar-refractivity contribution in [2.75, 3.05) is 11.9 Å². The van der Waals surface area contributed by atoms with E-state index < -0.39 is 6.03 Å². The predicted octanol–water partition coefficient (Wildman–Crippen LogP) is 4.52. The van der Waals surface area contributed by atoms with Crippen LogP contribution in [0.1, 0.15) is 25.3 Å². The molecule has 0 saturated carbocycles. The Kier molecular flexibility index (Phi) is 6.18. The second-order valence-electron chi connectivity index (χ2n) is 4.83. The molecule has 0 unspecified atom stereocenters. The molecule has 0 fully saturated rings. The lowest BCUT2D eigenvalue weighted by atomic mass is 10.2. The summed E-state index contributed by atoms with van der Waals surface area (Å²) in [6, 6.07) is 16.4. The zero-order valence-corrected chi connectivity index (χ0v) is 12.7. The van der Waals surface area contributed by atoms with E-state index in [1.165, 1.54) is 6.21 Å². The van der Waals surface area contributed by atoms with Crippen molar-refractivity contribution in [1.82, 2.24) is 0 Å². The fraction of sp³-hybridized carbons (Fsp3) is 0.222. The molecule has 0 bridgehead atoms. The average Bonchev–Trinajstić information content (AvgIpc) is 2.56. The van der Waals surface area contributed by atoms with Crippen LogP contribution < -0.4 is 10.1 Å². The summed E-state index contributed by atoms with van der Waals surface area (Å²) < 4.78 is 5.57.